The van der Waals surface area contributed by atoms with Gasteiger partial charge in [-0.3, -0.25) is 0 Å². The molecule has 1 unspecified atom stereocenters. The van der Waals surface area contributed by atoms with E-state index in [0.717, 1.165) is 23.4 Å². The summed E-state index contributed by atoms with van der Waals surface area (Å²) in [6, 6.07) is 6.17. The van der Waals surface area contributed by atoms with Crippen molar-refractivity contribution in [3.63, 3.8) is 0 Å². The number of nitrogens with one attached hydrogen (secondary N) is 1. The van der Waals surface area contributed by atoms with Crippen molar-refractivity contribution in [3.05, 3.63) is 28.2 Å². The standard InChI is InChI=1S/C14H22BrNO/c1-4-6-11(2)10-17-14-12(9-16-3)7-5-8-13(14)15/h5,7-8,11,16H,4,6,9-10H2,1-3H3. The summed E-state index contributed by atoms with van der Waals surface area (Å²) in [6.45, 7) is 6.06. The van der Waals surface area contributed by atoms with Gasteiger partial charge in [-0.25, -0.2) is 0 Å². The minimum Gasteiger partial charge on any atom is -0.492 e. The molecule has 1 N–H and O–H groups in total. The van der Waals surface area contributed by atoms with Crippen LogP contribution in [0.25, 0.3) is 0 Å². The lowest BCUT2D eigenvalue weighted by Crippen LogP contribution is -2.12. The molecule has 0 aliphatic carbocycles. The van der Waals surface area contributed by atoms with Gasteiger partial charge in [0.25, 0.3) is 0 Å². The fourth-order valence-electron chi connectivity index (χ4n) is 1.85. The van der Waals surface area contributed by atoms with Crippen molar-refractivity contribution in [2.75, 3.05) is 13.7 Å². The number of benzene rings is 1. The Bertz CT molecular complexity index is 341. The van der Waals surface area contributed by atoms with E-state index < -0.39 is 0 Å². The first-order chi connectivity index (χ1) is 8.19. The highest BCUT2D eigenvalue weighted by Crippen LogP contribution is 2.29. The number of ether oxygens (including phenoxy) is 1. The molecular weight excluding hydrogens is 278 g/mol. The Balaban J connectivity index is 2.68. The van der Waals surface area contributed by atoms with Crippen molar-refractivity contribution in [1.82, 2.24) is 5.32 Å². The van der Waals surface area contributed by atoms with Crippen LogP contribution in [-0.4, -0.2) is 13.7 Å². The smallest absolute Gasteiger partial charge is 0.137 e. The lowest BCUT2D eigenvalue weighted by molar-refractivity contribution is 0.248. The molecule has 1 aromatic carbocycles. The molecule has 2 nitrogen and oxygen atoms in total. The van der Waals surface area contributed by atoms with Crippen LogP contribution in [0.4, 0.5) is 0 Å². The van der Waals surface area contributed by atoms with Gasteiger partial charge >= 0.3 is 0 Å². The first-order valence-corrected chi connectivity index (χ1v) is 7.03. The Morgan fingerprint density at radius 3 is 2.82 bits per heavy atom. The molecule has 0 spiro atoms. The topological polar surface area (TPSA) is 21.3 Å². The second-order valence-corrected chi connectivity index (χ2v) is 5.32. The summed E-state index contributed by atoms with van der Waals surface area (Å²) < 4.78 is 6.98. The zero-order valence-electron chi connectivity index (χ0n) is 10.9. The van der Waals surface area contributed by atoms with Gasteiger partial charge in [0, 0.05) is 12.1 Å². The molecule has 1 aromatic rings. The minimum atomic E-state index is 0.606. The maximum Gasteiger partial charge on any atom is 0.137 e. The van der Waals surface area contributed by atoms with Crippen LogP contribution in [0.3, 0.4) is 0 Å². The van der Waals surface area contributed by atoms with Gasteiger partial charge in [-0.05, 0) is 41.4 Å². The molecule has 1 atom stereocenters. The fourth-order valence-corrected chi connectivity index (χ4v) is 2.37. The maximum atomic E-state index is 5.95. The van der Waals surface area contributed by atoms with E-state index >= 15 is 0 Å². The van der Waals surface area contributed by atoms with Gasteiger partial charge in [-0.1, -0.05) is 32.4 Å². The van der Waals surface area contributed by atoms with E-state index in [1.807, 2.05) is 19.2 Å². The predicted octanol–water partition coefficient (Wildman–Crippen LogP) is 3.98. The Morgan fingerprint density at radius 1 is 1.41 bits per heavy atom. The Morgan fingerprint density at radius 2 is 2.18 bits per heavy atom. The van der Waals surface area contributed by atoms with Crippen LogP contribution in [0.5, 0.6) is 5.75 Å². The van der Waals surface area contributed by atoms with Crippen molar-refractivity contribution in [2.45, 2.75) is 33.2 Å². The normalized spacial score (nSPS) is 12.5. The number of rotatable bonds is 7. The molecule has 0 heterocycles. The molecule has 0 saturated heterocycles. The van der Waals surface area contributed by atoms with E-state index in [9.17, 15) is 0 Å². The molecule has 17 heavy (non-hydrogen) atoms. The molecule has 96 valence electrons. The molecule has 0 fully saturated rings. The van der Waals surface area contributed by atoms with Gasteiger partial charge in [0.2, 0.25) is 0 Å². The summed E-state index contributed by atoms with van der Waals surface area (Å²) >= 11 is 3.55. The first-order valence-electron chi connectivity index (χ1n) is 6.23. The molecule has 0 aliphatic rings. The van der Waals surface area contributed by atoms with E-state index in [-0.39, 0.29) is 0 Å². The Labute approximate surface area is 113 Å². The Hall–Kier alpha value is -0.540. The summed E-state index contributed by atoms with van der Waals surface area (Å²) in [6.07, 6.45) is 2.43. The lowest BCUT2D eigenvalue weighted by atomic mass is 10.1. The van der Waals surface area contributed by atoms with E-state index in [4.69, 9.17) is 4.74 Å². The molecule has 0 radical (unpaired) electrons. The zero-order valence-corrected chi connectivity index (χ0v) is 12.5. The fraction of sp³-hybridized carbons (Fsp3) is 0.571. The average molecular weight is 300 g/mol. The highest BCUT2D eigenvalue weighted by molar-refractivity contribution is 9.10. The van der Waals surface area contributed by atoms with E-state index in [2.05, 4.69) is 41.2 Å². The maximum absolute atomic E-state index is 5.95. The summed E-state index contributed by atoms with van der Waals surface area (Å²) in [5.41, 5.74) is 1.20. The number of para-hydroxylation sites is 1. The SMILES string of the molecule is CCCC(C)COc1c(Br)cccc1CNC. The van der Waals surface area contributed by atoms with E-state index in [1.165, 1.54) is 18.4 Å². The third kappa shape index (κ3) is 4.68. The van der Waals surface area contributed by atoms with Crippen molar-refractivity contribution in [1.29, 1.82) is 0 Å². The second kappa shape index (κ2) is 7.72. The van der Waals surface area contributed by atoms with Crippen LogP contribution >= 0.6 is 15.9 Å². The molecule has 0 aromatic heterocycles. The monoisotopic (exact) mass is 299 g/mol. The van der Waals surface area contributed by atoms with Gasteiger partial charge in [-0.2, -0.15) is 0 Å². The van der Waals surface area contributed by atoms with Crippen LogP contribution in [-0.2, 0) is 6.54 Å². The van der Waals surface area contributed by atoms with Crippen LogP contribution in [0.1, 0.15) is 32.3 Å². The summed E-state index contributed by atoms with van der Waals surface area (Å²) in [7, 11) is 1.95. The quantitative estimate of drug-likeness (QED) is 0.822. The third-order valence-corrected chi connectivity index (χ3v) is 3.33. The molecule has 0 saturated carbocycles. The van der Waals surface area contributed by atoms with Gasteiger partial charge in [0.1, 0.15) is 5.75 Å². The second-order valence-electron chi connectivity index (χ2n) is 4.46. The van der Waals surface area contributed by atoms with Crippen LogP contribution in [0.15, 0.2) is 22.7 Å². The van der Waals surface area contributed by atoms with Crippen LogP contribution in [0, 0.1) is 5.92 Å². The van der Waals surface area contributed by atoms with Crippen LogP contribution in [0.2, 0.25) is 0 Å². The van der Waals surface area contributed by atoms with Gasteiger partial charge in [-0.15, -0.1) is 0 Å². The zero-order chi connectivity index (χ0) is 12.7. The predicted molar refractivity (Wildman–Crippen MR) is 76.5 cm³/mol. The van der Waals surface area contributed by atoms with Crippen molar-refractivity contribution in [3.8, 4) is 5.75 Å². The first kappa shape index (κ1) is 14.5. The number of hydrogen-bond acceptors (Lipinski definition) is 2. The van der Waals surface area contributed by atoms with Crippen molar-refractivity contribution in [2.24, 2.45) is 5.92 Å². The molecule has 0 amide bonds. The van der Waals surface area contributed by atoms with Gasteiger partial charge < -0.3 is 10.1 Å². The largest absolute Gasteiger partial charge is 0.492 e. The number of hydrogen-bond donors (Lipinski definition) is 1. The molecule has 0 aliphatic heterocycles. The average Bonchev–Trinajstić information content (AvgIpc) is 2.29. The lowest BCUT2D eigenvalue weighted by Gasteiger charge is -2.16. The van der Waals surface area contributed by atoms with E-state index in [0.29, 0.717) is 5.92 Å². The highest BCUT2D eigenvalue weighted by atomic mass is 79.9. The van der Waals surface area contributed by atoms with Gasteiger partial charge in [0.05, 0.1) is 11.1 Å². The van der Waals surface area contributed by atoms with Crippen molar-refractivity contribution < 1.29 is 4.74 Å². The van der Waals surface area contributed by atoms with E-state index in [1.54, 1.807) is 0 Å². The summed E-state index contributed by atoms with van der Waals surface area (Å²) in [5, 5.41) is 3.16. The van der Waals surface area contributed by atoms with Crippen LogP contribution < -0.4 is 10.1 Å². The molecule has 0 bridgehead atoms. The molecule has 1 rings (SSSR count). The summed E-state index contributed by atoms with van der Waals surface area (Å²) in [5.74, 6) is 1.58. The third-order valence-electron chi connectivity index (χ3n) is 2.71. The highest BCUT2D eigenvalue weighted by Gasteiger charge is 2.09. The van der Waals surface area contributed by atoms with Gasteiger partial charge in [0.15, 0.2) is 0 Å². The minimum absolute atomic E-state index is 0.606. The van der Waals surface area contributed by atoms with Crippen molar-refractivity contribution >= 4 is 15.9 Å². The molecular formula is C14H22BrNO. The number of halogens is 1. The Kier molecular flexibility index (Phi) is 6.60. The molecule has 3 heteroatoms. The summed E-state index contributed by atoms with van der Waals surface area (Å²) in [4.78, 5) is 0.